The first kappa shape index (κ1) is 16.7. The van der Waals surface area contributed by atoms with Crippen LogP contribution in [0.3, 0.4) is 0 Å². The second kappa shape index (κ2) is 7.17. The lowest BCUT2D eigenvalue weighted by Crippen LogP contribution is -2.42. The number of hydrogen-bond donors (Lipinski definition) is 2. The van der Waals surface area contributed by atoms with Crippen LogP contribution in [0.25, 0.3) is 0 Å². The van der Waals surface area contributed by atoms with Gasteiger partial charge in [-0.3, -0.25) is 4.79 Å². The fourth-order valence-corrected chi connectivity index (χ4v) is 2.84. The lowest BCUT2D eigenvalue weighted by atomic mass is 10.0. The lowest BCUT2D eigenvalue weighted by molar-refractivity contribution is -0.142. The Labute approximate surface area is 144 Å². The first-order chi connectivity index (χ1) is 12.0. The van der Waals surface area contributed by atoms with E-state index in [1.165, 1.54) is 0 Å². The number of rotatable bonds is 6. The molecule has 1 heterocycles. The fraction of sp³-hybridized carbons (Fsp3) is 0.211. The number of benzene rings is 2. The molecule has 0 spiro atoms. The minimum atomic E-state index is -1.11. The highest BCUT2D eigenvalue weighted by atomic mass is 16.5. The molecule has 25 heavy (non-hydrogen) atoms. The maximum atomic E-state index is 12.3. The Kier molecular flexibility index (Phi) is 4.79. The Balaban J connectivity index is 1.65. The minimum Gasteiger partial charge on any atom is -0.480 e. The zero-order chi connectivity index (χ0) is 17.8. The standard InChI is InChI=1S/C19H17NO5/c21-17(11-16-13-8-4-5-9-14(13)19(24)25-16)20-15(18(22)23)10-12-6-2-1-3-7-12/h1-9,15-16H,10-11H2,(H,20,21)(H,22,23)/t15-,16-/m0/s1. The van der Waals surface area contributed by atoms with E-state index in [1.54, 1.807) is 36.4 Å². The summed E-state index contributed by atoms with van der Waals surface area (Å²) in [5, 5.41) is 11.9. The highest BCUT2D eigenvalue weighted by Gasteiger charge is 2.33. The molecule has 1 aliphatic heterocycles. The molecule has 0 saturated heterocycles. The van der Waals surface area contributed by atoms with E-state index in [2.05, 4.69) is 5.32 Å². The predicted molar refractivity (Wildman–Crippen MR) is 88.9 cm³/mol. The van der Waals surface area contributed by atoms with Crippen molar-refractivity contribution in [1.29, 1.82) is 0 Å². The Bertz CT molecular complexity index is 802. The van der Waals surface area contributed by atoms with Crippen LogP contribution in [0.1, 0.15) is 34.0 Å². The summed E-state index contributed by atoms with van der Waals surface area (Å²) in [6.07, 6.45) is -0.612. The van der Waals surface area contributed by atoms with Crippen LogP contribution in [0.15, 0.2) is 54.6 Å². The molecule has 6 nitrogen and oxygen atoms in total. The van der Waals surface area contributed by atoms with Gasteiger partial charge >= 0.3 is 11.9 Å². The van der Waals surface area contributed by atoms with E-state index in [0.29, 0.717) is 11.1 Å². The van der Waals surface area contributed by atoms with Gasteiger partial charge in [0.2, 0.25) is 5.91 Å². The molecule has 2 N–H and O–H groups in total. The van der Waals surface area contributed by atoms with Gasteiger partial charge in [-0.1, -0.05) is 48.5 Å². The molecular formula is C19H17NO5. The first-order valence-corrected chi connectivity index (χ1v) is 7.90. The number of carboxylic acids is 1. The van der Waals surface area contributed by atoms with E-state index in [4.69, 9.17) is 4.74 Å². The van der Waals surface area contributed by atoms with Crippen molar-refractivity contribution in [2.75, 3.05) is 0 Å². The Hall–Kier alpha value is -3.15. The molecule has 0 radical (unpaired) electrons. The van der Waals surface area contributed by atoms with Gasteiger partial charge in [0.1, 0.15) is 12.1 Å². The van der Waals surface area contributed by atoms with Crippen LogP contribution in [0.2, 0.25) is 0 Å². The summed E-state index contributed by atoms with van der Waals surface area (Å²) in [6, 6.07) is 14.9. The van der Waals surface area contributed by atoms with Crippen molar-refractivity contribution < 1.29 is 24.2 Å². The van der Waals surface area contributed by atoms with Gasteiger partial charge in [0.05, 0.1) is 12.0 Å². The molecule has 2 atom stereocenters. The number of nitrogens with one attached hydrogen (secondary N) is 1. The van der Waals surface area contributed by atoms with Gasteiger partial charge in [-0.15, -0.1) is 0 Å². The SMILES string of the molecule is O=C(C[C@@H]1OC(=O)c2ccccc21)N[C@@H](Cc1ccccc1)C(=O)O. The highest BCUT2D eigenvalue weighted by Crippen LogP contribution is 2.32. The number of esters is 1. The van der Waals surface area contributed by atoms with Crippen LogP contribution in [0.4, 0.5) is 0 Å². The van der Waals surface area contributed by atoms with Crippen LogP contribution >= 0.6 is 0 Å². The quantitative estimate of drug-likeness (QED) is 0.786. The van der Waals surface area contributed by atoms with Crippen molar-refractivity contribution >= 4 is 17.8 Å². The number of carbonyl (C=O) groups excluding carboxylic acids is 2. The molecule has 0 saturated carbocycles. The molecule has 0 aliphatic carbocycles. The number of aliphatic carboxylic acids is 1. The van der Waals surface area contributed by atoms with Gasteiger partial charge in [-0.2, -0.15) is 0 Å². The normalized spacial score (nSPS) is 16.6. The van der Waals surface area contributed by atoms with Gasteiger partial charge < -0.3 is 15.2 Å². The van der Waals surface area contributed by atoms with Crippen molar-refractivity contribution in [1.82, 2.24) is 5.32 Å². The number of carboxylic acid groups (broad SMARTS) is 1. The van der Waals surface area contributed by atoms with Gasteiger partial charge in [0.25, 0.3) is 0 Å². The van der Waals surface area contributed by atoms with E-state index in [9.17, 15) is 19.5 Å². The van der Waals surface area contributed by atoms with Crippen LogP contribution in [0.5, 0.6) is 0 Å². The summed E-state index contributed by atoms with van der Waals surface area (Å²) in [5.74, 6) is -2.05. The van der Waals surface area contributed by atoms with E-state index >= 15 is 0 Å². The van der Waals surface area contributed by atoms with Crippen LogP contribution in [-0.4, -0.2) is 29.0 Å². The minimum absolute atomic E-state index is 0.110. The van der Waals surface area contributed by atoms with Crippen molar-refractivity contribution in [2.24, 2.45) is 0 Å². The van der Waals surface area contributed by atoms with Gasteiger partial charge in [0, 0.05) is 12.0 Å². The van der Waals surface area contributed by atoms with E-state index in [-0.39, 0.29) is 12.8 Å². The van der Waals surface area contributed by atoms with Crippen LogP contribution in [-0.2, 0) is 20.7 Å². The first-order valence-electron chi connectivity index (χ1n) is 7.90. The summed E-state index contributed by atoms with van der Waals surface area (Å²) in [4.78, 5) is 35.5. The van der Waals surface area contributed by atoms with E-state index in [0.717, 1.165) is 5.56 Å². The summed E-state index contributed by atoms with van der Waals surface area (Å²) in [7, 11) is 0. The molecule has 0 aromatic heterocycles. The van der Waals surface area contributed by atoms with Crippen LogP contribution in [0, 0.1) is 0 Å². The monoisotopic (exact) mass is 339 g/mol. The number of ether oxygens (including phenoxy) is 1. The fourth-order valence-electron chi connectivity index (χ4n) is 2.84. The third-order valence-electron chi connectivity index (χ3n) is 4.06. The maximum Gasteiger partial charge on any atom is 0.339 e. The molecule has 2 aromatic carbocycles. The third kappa shape index (κ3) is 3.85. The van der Waals surface area contributed by atoms with Gasteiger partial charge in [0.15, 0.2) is 0 Å². The van der Waals surface area contributed by atoms with E-state index in [1.807, 2.05) is 18.2 Å². The molecule has 0 bridgehead atoms. The Morgan fingerprint density at radius 1 is 1.08 bits per heavy atom. The summed E-state index contributed by atoms with van der Waals surface area (Å²) < 4.78 is 5.22. The molecule has 128 valence electrons. The predicted octanol–water partition coefficient (Wildman–Crippen LogP) is 2.10. The zero-order valence-electron chi connectivity index (χ0n) is 13.3. The third-order valence-corrected chi connectivity index (χ3v) is 4.06. The molecule has 6 heteroatoms. The lowest BCUT2D eigenvalue weighted by Gasteiger charge is -2.16. The Morgan fingerprint density at radius 2 is 1.76 bits per heavy atom. The Morgan fingerprint density at radius 3 is 2.48 bits per heavy atom. The largest absolute Gasteiger partial charge is 0.480 e. The van der Waals surface area contributed by atoms with Crippen molar-refractivity contribution in [3.05, 3.63) is 71.3 Å². The number of cyclic esters (lactones) is 1. The van der Waals surface area contributed by atoms with Crippen LogP contribution < -0.4 is 5.32 Å². The average molecular weight is 339 g/mol. The molecule has 0 fully saturated rings. The molecule has 1 amide bonds. The topological polar surface area (TPSA) is 92.7 Å². The number of amides is 1. The number of fused-ring (bicyclic) bond motifs is 1. The summed E-state index contributed by atoms with van der Waals surface area (Å²) >= 11 is 0. The highest BCUT2D eigenvalue weighted by molar-refractivity contribution is 5.95. The molecule has 3 rings (SSSR count). The second-order valence-corrected chi connectivity index (χ2v) is 5.83. The van der Waals surface area contributed by atoms with E-state index < -0.39 is 30.0 Å². The maximum absolute atomic E-state index is 12.3. The van der Waals surface area contributed by atoms with Gasteiger partial charge in [-0.05, 0) is 11.6 Å². The van der Waals surface area contributed by atoms with Crippen molar-refractivity contribution in [3.63, 3.8) is 0 Å². The zero-order valence-corrected chi connectivity index (χ0v) is 13.3. The average Bonchev–Trinajstić information content (AvgIpc) is 2.91. The molecule has 2 aromatic rings. The second-order valence-electron chi connectivity index (χ2n) is 5.83. The molecule has 1 aliphatic rings. The van der Waals surface area contributed by atoms with Gasteiger partial charge in [-0.25, -0.2) is 9.59 Å². The van der Waals surface area contributed by atoms with Crippen molar-refractivity contribution in [3.8, 4) is 0 Å². The number of hydrogen-bond acceptors (Lipinski definition) is 4. The van der Waals surface area contributed by atoms with Crippen molar-refractivity contribution in [2.45, 2.75) is 25.0 Å². The summed E-state index contributed by atoms with van der Waals surface area (Å²) in [5.41, 5.74) is 1.91. The molecular weight excluding hydrogens is 322 g/mol. The number of carbonyl (C=O) groups is 3. The summed E-state index contributed by atoms with van der Waals surface area (Å²) in [6.45, 7) is 0. The molecule has 0 unspecified atom stereocenters. The smallest absolute Gasteiger partial charge is 0.339 e.